The molecule has 2 aromatic carbocycles. The van der Waals surface area contributed by atoms with Crippen LogP contribution in [0.1, 0.15) is 58.7 Å². The number of benzene rings is 2. The number of pyridine rings is 1. The Morgan fingerprint density at radius 2 is 1.72 bits per heavy atom. The third-order valence-electron chi connectivity index (χ3n) is 7.66. The van der Waals surface area contributed by atoms with Gasteiger partial charge in [-0.05, 0) is 48.7 Å². The summed E-state index contributed by atoms with van der Waals surface area (Å²) in [5, 5.41) is 21.3. The first-order chi connectivity index (χ1) is 18.5. The molecule has 0 bridgehead atoms. The number of carbonyl (C=O) groups is 1. The van der Waals surface area contributed by atoms with E-state index in [1.165, 1.54) is 29.6 Å². The highest BCUT2D eigenvalue weighted by atomic mass is 35.5. The third kappa shape index (κ3) is 3.84. The molecule has 39 heavy (non-hydrogen) atoms. The zero-order valence-corrected chi connectivity index (χ0v) is 21.6. The fourth-order valence-electron chi connectivity index (χ4n) is 5.87. The van der Waals surface area contributed by atoms with Crippen molar-refractivity contribution in [2.75, 3.05) is 5.01 Å². The average Bonchev–Trinajstić information content (AvgIpc) is 3.40. The van der Waals surface area contributed by atoms with Gasteiger partial charge in [-0.25, -0.2) is 14.7 Å². The summed E-state index contributed by atoms with van der Waals surface area (Å²) in [5.41, 5.74) is 0.480. The SMILES string of the molecule is Cc1nc(C(F)(F)F)ccc1CN1C(=O)C2C(c3ccccc3)C2(c2ccc(Cl)cc2)c2nnc([C@@H](C)O)n21. The largest absolute Gasteiger partial charge is 0.433 e. The first-order valence-electron chi connectivity index (χ1n) is 12.4. The monoisotopic (exact) mass is 553 g/mol. The quantitative estimate of drug-likeness (QED) is 0.372. The molecule has 0 saturated heterocycles. The molecule has 1 fully saturated rings. The van der Waals surface area contributed by atoms with E-state index in [0.29, 0.717) is 16.4 Å². The van der Waals surface area contributed by atoms with Gasteiger partial charge in [0, 0.05) is 16.6 Å². The summed E-state index contributed by atoms with van der Waals surface area (Å²) >= 11 is 6.19. The van der Waals surface area contributed by atoms with E-state index in [9.17, 15) is 23.1 Å². The summed E-state index contributed by atoms with van der Waals surface area (Å²) < 4.78 is 41.2. The van der Waals surface area contributed by atoms with E-state index in [-0.39, 0.29) is 29.9 Å². The predicted octanol–water partition coefficient (Wildman–Crippen LogP) is 5.09. The highest BCUT2D eigenvalue weighted by Crippen LogP contribution is 2.70. The number of rotatable bonds is 5. The number of amides is 1. The fourth-order valence-corrected chi connectivity index (χ4v) is 5.99. The number of hydrogen-bond donors (Lipinski definition) is 1. The molecular formula is C28H23ClF3N5O2. The van der Waals surface area contributed by atoms with Crippen molar-refractivity contribution >= 4 is 17.5 Å². The molecule has 2 aliphatic rings. The maximum atomic E-state index is 14.3. The standard InChI is InChI=1S/C28H23ClF3N5O2/c1-15-18(8-13-21(33-15)28(30,31)32)14-36-25(39)23-22(17-6-4-3-5-7-17)27(23,19-9-11-20(29)12-10-19)26-35-34-24(16(2)38)37(26)36/h3-13,16,22-23,38H,14H2,1-2H3/t16-,22?,23?,27?/m1/s1. The molecule has 3 unspecified atom stereocenters. The Hall–Kier alpha value is -3.76. The fraction of sp³-hybridized carbons (Fsp3) is 0.286. The van der Waals surface area contributed by atoms with Gasteiger partial charge in [0.2, 0.25) is 5.91 Å². The number of hydrogen-bond acceptors (Lipinski definition) is 5. The van der Waals surface area contributed by atoms with Gasteiger partial charge < -0.3 is 5.11 Å². The van der Waals surface area contributed by atoms with E-state index < -0.39 is 29.3 Å². The highest BCUT2D eigenvalue weighted by molar-refractivity contribution is 6.30. The third-order valence-corrected chi connectivity index (χ3v) is 7.91. The van der Waals surface area contributed by atoms with Gasteiger partial charge in [0.1, 0.15) is 11.8 Å². The molecule has 1 aliphatic carbocycles. The van der Waals surface area contributed by atoms with Crippen LogP contribution in [0.4, 0.5) is 13.2 Å². The van der Waals surface area contributed by atoms with Crippen molar-refractivity contribution in [3.05, 3.63) is 111 Å². The lowest BCUT2D eigenvalue weighted by Crippen LogP contribution is -2.49. The van der Waals surface area contributed by atoms with Gasteiger partial charge in [-0.3, -0.25) is 4.79 Å². The van der Waals surface area contributed by atoms with Crippen molar-refractivity contribution in [3.8, 4) is 0 Å². The lowest BCUT2D eigenvalue weighted by atomic mass is 9.88. The Kier molecular flexibility index (Phi) is 5.82. The van der Waals surface area contributed by atoms with Crippen LogP contribution in [0.15, 0.2) is 66.7 Å². The lowest BCUT2D eigenvalue weighted by Gasteiger charge is -2.34. The van der Waals surface area contributed by atoms with Crippen LogP contribution in [-0.2, 0) is 22.9 Å². The number of nitrogens with zero attached hydrogens (tertiary/aromatic N) is 5. The van der Waals surface area contributed by atoms with Crippen molar-refractivity contribution < 1.29 is 23.1 Å². The van der Waals surface area contributed by atoms with E-state index in [2.05, 4.69) is 15.2 Å². The Labute approximate surface area is 226 Å². The molecule has 1 aliphatic heterocycles. The topological polar surface area (TPSA) is 84.1 Å². The summed E-state index contributed by atoms with van der Waals surface area (Å²) in [6.07, 6.45) is -5.65. The number of aliphatic hydroxyl groups excluding tert-OH is 1. The summed E-state index contributed by atoms with van der Waals surface area (Å²) in [6.45, 7) is 2.92. The zero-order valence-electron chi connectivity index (χ0n) is 20.9. The molecule has 0 radical (unpaired) electrons. The second kappa shape index (κ2) is 8.89. The lowest BCUT2D eigenvalue weighted by molar-refractivity contribution is -0.141. The first-order valence-corrected chi connectivity index (χ1v) is 12.7. The van der Waals surface area contributed by atoms with Crippen molar-refractivity contribution in [1.29, 1.82) is 0 Å². The van der Waals surface area contributed by atoms with Crippen molar-refractivity contribution in [3.63, 3.8) is 0 Å². The number of aromatic nitrogens is 4. The van der Waals surface area contributed by atoms with Crippen molar-refractivity contribution in [1.82, 2.24) is 19.9 Å². The Bertz CT molecular complexity index is 1570. The average molecular weight is 554 g/mol. The van der Waals surface area contributed by atoms with Crippen LogP contribution in [0.2, 0.25) is 5.02 Å². The molecule has 1 saturated carbocycles. The van der Waals surface area contributed by atoms with E-state index >= 15 is 0 Å². The minimum atomic E-state index is -4.58. The second-order valence-electron chi connectivity index (χ2n) is 9.95. The van der Waals surface area contributed by atoms with Crippen molar-refractivity contribution in [2.24, 2.45) is 5.92 Å². The predicted molar refractivity (Wildman–Crippen MR) is 136 cm³/mol. The molecule has 200 valence electrons. The normalized spacial score (nSPS) is 22.8. The number of halogens is 4. The minimum Gasteiger partial charge on any atom is -0.385 e. The molecule has 0 spiro atoms. The van der Waals surface area contributed by atoms with E-state index in [4.69, 9.17) is 11.6 Å². The number of alkyl halides is 3. The molecule has 7 nitrogen and oxygen atoms in total. The first kappa shape index (κ1) is 25.5. The van der Waals surface area contributed by atoms with Crippen LogP contribution in [-0.4, -0.2) is 30.9 Å². The number of aryl methyl sites for hydroxylation is 1. The minimum absolute atomic E-state index is 0.0741. The summed E-state index contributed by atoms with van der Waals surface area (Å²) in [4.78, 5) is 18.0. The molecule has 3 heterocycles. The molecule has 2 aromatic heterocycles. The van der Waals surface area contributed by atoms with Crippen LogP contribution in [0.3, 0.4) is 0 Å². The summed E-state index contributed by atoms with van der Waals surface area (Å²) in [7, 11) is 0. The molecule has 1 N–H and O–H groups in total. The van der Waals surface area contributed by atoms with Crippen LogP contribution >= 0.6 is 11.6 Å². The number of aliphatic hydroxyl groups is 1. The molecule has 4 atom stereocenters. The van der Waals surface area contributed by atoms with Gasteiger partial charge in [0.05, 0.1) is 17.9 Å². The van der Waals surface area contributed by atoms with Gasteiger partial charge in [0.15, 0.2) is 11.6 Å². The summed E-state index contributed by atoms with van der Waals surface area (Å²) in [6, 6.07) is 19.1. The molecular weight excluding hydrogens is 531 g/mol. The molecule has 4 aromatic rings. The Balaban J connectivity index is 1.53. The van der Waals surface area contributed by atoms with E-state index in [1.807, 2.05) is 42.5 Å². The van der Waals surface area contributed by atoms with Crippen LogP contribution in [0.25, 0.3) is 0 Å². The van der Waals surface area contributed by atoms with Gasteiger partial charge in [0.25, 0.3) is 0 Å². The van der Waals surface area contributed by atoms with Crippen LogP contribution < -0.4 is 5.01 Å². The summed E-state index contributed by atoms with van der Waals surface area (Å²) in [5.74, 6) is -0.471. The van der Waals surface area contributed by atoms with E-state index in [0.717, 1.165) is 17.2 Å². The number of fused-ring (bicyclic) bond motifs is 3. The van der Waals surface area contributed by atoms with Gasteiger partial charge in [-0.1, -0.05) is 60.1 Å². The molecule has 11 heteroatoms. The maximum Gasteiger partial charge on any atom is 0.433 e. The van der Waals surface area contributed by atoms with Gasteiger partial charge >= 0.3 is 6.18 Å². The smallest absolute Gasteiger partial charge is 0.385 e. The van der Waals surface area contributed by atoms with Crippen LogP contribution in [0.5, 0.6) is 0 Å². The Morgan fingerprint density at radius 3 is 2.33 bits per heavy atom. The van der Waals surface area contributed by atoms with Crippen molar-refractivity contribution in [2.45, 2.75) is 44.0 Å². The number of carbonyl (C=O) groups excluding carboxylic acids is 1. The van der Waals surface area contributed by atoms with Gasteiger partial charge in [-0.15, -0.1) is 10.2 Å². The molecule has 1 amide bonds. The van der Waals surface area contributed by atoms with E-state index in [1.54, 1.807) is 12.1 Å². The molecule has 6 rings (SSSR count). The highest BCUT2D eigenvalue weighted by Gasteiger charge is 2.76. The zero-order chi connectivity index (χ0) is 27.7. The maximum absolute atomic E-state index is 14.3. The van der Waals surface area contributed by atoms with Crippen LogP contribution in [0, 0.1) is 12.8 Å². The second-order valence-corrected chi connectivity index (χ2v) is 10.4. The Morgan fingerprint density at radius 1 is 1.03 bits per heavy atom. The van der Waals surface area contributed by atoms with Gasteiger partial charge in [-0.2, -0.15) is 13.2 Å².